The summed E-state index contributed by atoms with van der Waals surface area (Å²) in [5.74, 6) is 1.36. The molecule has 6 nitrogen and oxygen atoms in total. The molecule has 0 spiro atoms. The van der Waals surface area contributed by atoms with Crippen LogP contribution < -0.4 is 19.7 Å². The van der Waals surface area contributed by atoms with E-state index in [-0.39, 0.29) is 5.91 Å². The fourth-order valence-corrected chi connectivity index (χ4v) is 4.52. The molecular weight excluding hydrogens is 404 g/mol. The van der Waals surface area contributed by atoms with E-state index in [4.69, 9.17) is 14.2 Å². The summed E-state index contributed by atoms with van der Waals surface area (Å²) in [6.07, 6.45) is 5.09. The van der Waals surface area contributed by atoms with Crippen LogP contribution in [0.4, 0.5) is 11.4 Å². The van der Waals surface area contributed by atoms with Crippen molar-refractivity contribution in [3.8, 4) is 11.5 Å². The molecule has 1 aliphatic carbocycles. The first-order valence-corrected chi connectivity index (χ1v) is 11.8. The maximum absolute atomic E-state index is 12.9. The van der Waals surface area contributed by atoms with Crippen LogP contribution >= 0.6 is 0 Å². The van der Waals surface area contributed by atoms with Crippen molar-refractivity contribution in [1.29, 1.82) is 0 Å². The third-order valence-corrected chi connectivity index (χ3v) is 6.06. The molecule has 1 amide bonds. The van der Waals surface area contributed by atoms with E-state index >= 15 is 0 Å². The maximum atomic E-state index is 12.9. The Balaban J connectivity index is 1.54. The molecule has 1 N–H and O–H groups in total. The van der Waals surface area contributed by atoms with Gasteiger partial charge < -0.3 is 24.4 Å². The summed E-state index contributed by atoms with van der Waals surface area (Å²) in [6, 6.07) is 10.3. The van der Waals surface area contributed by atoms with E-state index in [1.165, 1.54) is 24.0 Å². The Morgan fingerprint density at radius 3 is 2.44 bits per heavy atom. The summed E-state index contributed by atoms with van der Waals surface area (Å²) in [5.41, 5.74) is 5.50. The summed E-state index contributed by atoms with van der Waals surface area (Å²) in [4.78, 5) is 15.2. The number of carbonyl (C=O) groups excluding carboxylic acids is 1. The van der Waals surface area contributed by atoms with Crippen LogP contribution in [-0.2, 0) is 28.8 Å². The first-order chi connectivity index (χ1) is 15.7. The van der Waals surface area contributed by atoms with Gasteiger partial charge in [-0.05, 0) is 56.2 Å². The lowest BCUT2D eigenvalue weighted by Crippen LogP contribution is -2.36. The smallest absolute Gasteiger partial charge is 0.228 e. The molecule has 0 atom stereocenters. The van der Waals surface area contributed by atoms with Crippen molar-refractivity contribution < 1.29 is 19.0 Å². The average molecular weight is 439 g/mol. The lowest BCUT2D eigenvalue weighted by molar-refractivity contribution is -0.115. The quantitative estimate of drug-likeness (QED) is 0.663. The van der Waals surface area contributed by atoms with E-state index in [1.54, 1.807) is 0 Å². The van der Waals surface area contributed by atoms with Crippen LogP contribution in [0.3, 0.4) is 0 Å². The van der Waals surface area contributed by atoms with Crippen molar-refractivity contribution >= 4 is 17.3 Å². The van der Waals surface area contributed by atoms with Gasteiger partial charge in [0.25, 0.3) is 0 Å². The summed E-state index contributed by atoms with van der Waals surface area (Å²) >= 11 is 0. The Morgan fingerprint density at radius 1 is 0.969 bits per heavy atom. The summed E-state index contributed by atoms with van der Waals surface area (Å²) in [6.45, 7) is 7.96. The predicted octanol–water partition coefficient (Wildman–Crippen LogP) is 4.38. The number of rotatable bonds is 8. The van der Waals surface area contributed by atoms with E-state index in [2.05, 4.69) is 28.4 Å². The summed E-state index contributed by atoms with van der Waals surface area (Å²) < 4.78 is 17.3. The number of benzene rings is 2. The van der Waals surface area contributed by atoms with E-state index in [9.17, 15) is 4.79 Å². The molecule has 1 saturated heterocycles. The Bertz CT molecular complexity index is 938. The van der Waals surface area contributed by atoms with Crippen molar-refractivity contribution in [3.05, 3.63) is 47.0 Å². The normalized spacial score (nSPS) is 15.8. The summed E-state index contributed by atoms with van der Waals surface area (Å²) in [5, 5.41) is 3.07. The van der Waals surface area contributed by atoms with E-state index in [0.29, 0.717) is 44.3 Å². The van der Waals surface area contributed by atoms with Gasteiger partial charge in [0.15, 0.2) is 0 Å². The molecular formula is C26H34N2O4. The first kappa shape index (κ1) is 22.5. The molecule has 0 saturated carbocycles. The van der Waals surface area contributed by atoms with E-state index < -0.39 is 0 Å². The lowest BCUT2D eigenvalue weighted by atomic mass is 9.90. The largest absolute Gasteiger partial charge is 0.492 e. The molecule has 0 radical (unpaired) electrons. The molecule has 6 heteroatoms. The number of nitrogens with one attached hydrogen (secondary N) is 1. The molecule has 1 aliphatic heterocycles. The minimum absolute atomic E-state index is 0.0525. The van der Waals surface area contributed by atoms with Gasteiger partial charge in [-0.3, -0.25) is 4.79 Å². The average Bonchev–Trinajstić information content (AvgIpc) is 2.81. The number of amides is 1. The molecule has 2 aliphatic rings. The van der Waals surface area contributed by atoms with Crippen molar-refractivity contribution in [2.45, 2.75) is 46.0 Å². The van der Waals surface area contributed by atoms with Crippen LogP contribution in [0.15, 0.2) is 30.3 Å². The Hall–Kier alpha value is -2.73. The number of hydrogen-bond donors (Lipinski definition) is 1. The van der Waals surface area contributed by atoms with E-state index in [0.717, 1.165) is 42.9 Å². The fraction of sp³-hybridized carbons (Fsp3) is 0.500. The minimum atomic E-state index is -0.0525. The number of aryl methyl sites for hydroxylation is 2. The highest BCUT2D eigenvalue weighted by molar-refractivity contribution is 5.94. The first-order valence-electron chi connectivity index (χ1n) is 11.8. The van der Waals surface area contributed by atoms with Crippen LogP contribution in [0.1, 0.15) is 43.4 Å². The monoisotopic (exact) mass is 438 g/mol. The van der Waals surface area contributed by atoms with Crippen molar-refractivity contribution in [1.82, 2.24) is 0 Å². The highest BCUT2D eigenvalue weighted by Crippen LogP contribution is 2.39. The zero-order valence-electron chi connectivity index (χ0n) is 19.2. The third kappa shape index (κ3) is 5.36. The molecule has 1 heterocycles. The molecule has 4 rings (SSSR count). The van der Waals surface area contributed by atoms with Gasteiger partial charge in [0, 0.05) is 25.2 Å². The van der Waals surface area contributed by atoms with Gasteiger partial charge in [0.05, 0.1) is 44.2 Å². The maximum Gasteiger partial charge on any atom is 0.228 e. The number of nitrogens with zero attached hydrogens (tertiary/aromatic N) is 1. The van der Waals surface area contributed by atoms with Crippen LogP contribution in [0.5, 0.6) is 11.5 Å². The Morgan fingerprint density at radius 2 is 1.69 bits per heavy atom. The van der Waals surface area contributed by atoms with Crippen molar-refractivity contribution in [2.24, 2.45) is 0 Å². The van der Waals surface area contributed by atoms with Crippen molar-refractivity contribution in [2.75, 3.05) is 49.7 Å². The van der Waals surface area contributed by atoms with Gasteiger partial charge in [0.2, 0.25) is 5.91 Å². The molecule has 172 valence electrons. The van der Waals surface area contributed by atoms with Gasteiger partial charge in [-0.1, -0.05) is 18.2 Å². The number of morpholine rings is 1. The van der Waals surface area contributed by atoms with Gasteiger partial charge in [0.1, 0.15) is 11.5 Å². The zero-order chi connectivity index (χ0) is 22.3. The molecule has 0 unspecified atom stereocenters. The standard InChI is InChI=1S/C26H34N2O4/c1-3-31-24-18-23(28-11-13-30-14-12-28)25(32-4-2)17-22(24)27-26(29)16-19-9-10-20-7-5-6-8-21(20)15-19/h9-10,15,17-18H,3-8,11-14,16H2,1-2H3,(H,27,29). The summed E-state index contributed by atoms with van der Waals surface area (Å²) in [7, 11) is 0. The van der Waals surface area contributed by atoms with Crippen molar-refractivity contribution in [3.63, 3.8) is 0 Å². The Labute approximate surface area is 190 Å². The second-order valence-electron chi connectivity index (χ2n) is 8.32. The minimum Gasteiger partial charge on any atom is -0.492 e. The molecule has 0 bridgehead atoms. The van der Waals surface area contributed by atoms with Gasteiger partial charge in [-0.15, -0.1) is 0 Å². The third-order valence-electron chi connectivity index (χ3n) is 6.06. The molecule has 32 heavy (non-hydrogen) atoms. The van der Waals surface area contributed by atoms with Crippen LogP contribution in [-0.4, -0.2) is 45.4 Å². The van der Waals surface area contributed by atoms with Gasteiger partial charge in [-0.2, -0.15) is 0 Å². The SMILES string of the molecule is CCOc1cc(N2CCOCC2)c(OCC)cc1NC(=O)Cc1ccc2c(c1)CCCC2. The number of carbonyl (C=O) groups is 1. The predicted molar refractivity (Wildman–Crippen MR) is 127 cm³/mol. The number of hydrogen-bond acceptors (Lipinski definition) is 5. The van der Waals surface area contributed by atoms with E-state index in [1.807, 2.05) is 26.0 Å². The van der Waals surface area contributed by atoms with Crippen LogP contribution in [0.2, 0.25) is 0 Å². The number of fused-ring (bicyclic) bond motifs is 1. The zero-order valence-corrected chi connectivity index (χ0v) is 19.2. The fourth-order valence-electron chi connectivity index (χ4n) is 4.52. The van der Waals surface area contributed by atoms with Crippen LogP contribution in [0.25, 0.3) is 0 Å². The molecule has 1 fully saturated rings. The Kier molecular flexibility index (Phi) is 7.53. The molecule has 2 aromatic carbocycles. The lowest BCUT2D eigenvalue weighted by Gasteiger charge is -2.31. The molecule has 0 aromatic heterocycles. The highest BCUT2D eigenvalue weighted by Gasteiger charge is 2.21. The number of ether oxygens (including phenoxy) is 3. The van der Waals surface area contributed by atoms with Crippen LogP contribution in [0, 0.1) is 0 Å². The highest BCUT2D eigenvalue weighted by atomic mass is 16.5. The second-order valence-corrected chi connectivity index (χ2v) is 8.32. The molecule has 2 aromatic rings. The van der Waals surface area contributed by atoms with Gasteiger partial charge in [-0.25, -0.2) is 0 Å². The van der Waals surface area contributed by atoms with Gasteiger partial charge >= 0.3 is 0 Å². The topological polar surface area (TPSA) is 60.0 Å². The number of anilines is 2. The second kappa shape index (κ2) is 10.7.